The minimum absolute atomic E-state index is 0.0430. The van der Waals surface area contributed by atoms with Gasteiger partial charge >= 0.3 is 11.9 Å². The molecule has 3 aromatic rings. The molecule has 0 saturated carbocycles. The van der Waals surface area contributed by atoms with Gasteiger partial charge in [-0.25, -0.2) is 0 Å². The maximum atomic E-state index is 14.6. The van der Waals surface area contributed by atoms with E-state index in [0.717, 1.165) is 33.4 Å². The minimum Gasteiger partial charge on any atom is -0.461 e. The molecule has 0 heterocycles. The Morgan fingerprint density at radius 2 is 1.02 bits per heavy atom. The number of ketones is 2. The fourth-order valence-corrected chi connectivity index (χ4v) is 6.26. The van der Waals surface area contributed by atoms with Gasteiger partial charge in [0.05, 0.1) is 12.8 Å². The molecule has 10 heteroatoms. The summed E-state index contributed by atoms with van der Waals surface area (Å²) in [5.41, 5.74) is 7.71. The van der Waals surface area contributed by atoms with Crippen LogP contribution in [-0.2, 0) is 36.8 Å². The Labute approximate surface area is 284 Å². The molecule has 0 unspecified atom stereocenters. The maximum absolute atomic E-state index is 14.6. The number of benzene rings is 3. The lowest BCUT2D eigenvalue weighted by atomic mass is 9.78. The average molecular weight is 762 g/mol. The first-order valence-electron chi connectivity index (χ1n) is 14.4. The van der Waals surface area contributed by atoms with Crippen LogP contribution < -0.4 is 0 Å². The third-order valence-electron chi connectivity index (χ3n) is 7.76. The van der Waals surface area contributed by atoms with E-state index in [1.807, 2.05) is 71.9 Å². The molecule has 0 bridgehead atoms. The maximum Gasteiger partial charge on any atom is 0.306 e. The molecule has 0 N–H and O–H groups in total. The molecule has 3 aromatic carbocycles. The fourth-order valence-electron chi connectivity index (χ4n) is 5.62. The van der Waals surface area contributed by atoms with Crippen LogP contribution in [0.15, 0.2) is 42.5 Å². The number of hydrogen-bond acceptors (Lipinski definition) is 7. The zero-order valence-corrected chi connectivity index (χ0v) is 30.6. The molecular formula is C35H39Br2O7P. The highest BCUT2D eigenvalue weighted by Crippen LogP contribution is 2.34. The van der Waals surface area contributed by atoms with Gasteiger partial charge < -0.3 is 9.47 Å². The Bertz CT molecular complexity index is 1460. The molecule has 45 heavy (non-hydrogen) atoms. The van der Waals surface area contributed by atoms with E-state index in [9.17, 15) is 19.2 Å². The standard InChI is InChI=1S/C35H38Br2O6.HOP/c1-20-16-22(3)31(24(5)27(20)18-42-29(38)12-14-36)34(40)33(26-10-8-7-9-11-26)35(41)32-23(4)17-21(2)28(25(32)6)19-43-30(39)13-15-37;1-2/h7-11,16-17,33H,12-15,18-19H2,1-6H3;2H. The van der Waals surface area contributed by atoms with Gasteiger partial charge in [0.1, 0.15) is 28.3 Å². The predicted molar refractivity (Wildman–Crippen MR) is 185 cm³/mol. The third kappa shape index (κ3) is 9.50. The Hall–Kier alpha value is -3.00. The number of Topliss-reactive ketones (excluding diaryl/α,β-unsaturated/α-hetero) is 2. The van der Waals surface area contributed by atoms with Crippen LogP contribution in [0, 0.1) is 41.5 Å². The first-order chi connectivity index (χ1) is 21.4. The molecule has 0 aliphatic heterocycles. The smallest absolute Gasteiger partial charge is 0.306 e. The summed E-state index contributed by atoms with van der Waals surface area (Å²) in [4.78, 5) is 53.3. The molecule has 0 aliphatic carbocycles. The Morgan fingerprint density at radius 3 is 1.38 bits per heavy atom. The second-order valence-electron chi connectivity index (χ2n) is 10.7. The van der Waals surface area contributed by atoms with E-state index in [1.54, 1.807) is 21.3 Å². The van der Waals surface area contributed by atoms with Crippen LogP contribution in [-0.4, -0.2) is 34.2 Å². The van der Waals surface area contributed by atoms with Crippen LogP contribution in [0.4, 0.5) is 0 Å². The fraction of sp³-hybridized carbons (Fsp3) is 0.371. The van der Waals surface area contributed by atoms with E-state index in [1.165, 1.54) is 0 Å². The first kappa shape index (κ1) is 38.2. The molecule has 0 aliphatic rings. The Morgan fingerprint density at radius 1 is 0.644 bits per heavy atom. The third-order valence-corrected chi connectivity index (χ3v) is 8.56. The van der Waals surface area contributed by atoms with Gasteiger partial charge in [-0.15, -0.1) is 0 Å². The molecule has 0 fully saturated rings. The summed E-state index contributed by atoms with van der Waals surface area (Å²) in [5, 5.41) is 1.00. The summed E-state index contributed by atoms with van der Waals surface area (Å²) >= 11 is 6.51. The van der Waals surface area contributed by atoms with Crippen LogP contribution >= 0.6 is 41.0 Å². The van der Waals surface area contributed by atoms with Gasteiger partial charge in [-0.05, 0) is 91.6 Å². The second-order valence-corrected chi connectivity index (χ2v) is 12.3. The van der Waals surface area contributed by atoms with Gasteiger partial charge in [0.2, 0.25) is 0 Å². The summed E-state index contributed by atoms with van der Waals surface area (Å²) in [6.45, 7) is 11.3. The highest BCUT2D eigenvalue weighted by molar-refractivity contribution is 9.09. The highest BCUT2D eigenvalue weighted by Gasteiger charge is 2.34. The molecule has 0 radical (unpaired) electrons. The number of ether oxygens (including phenoxy) is 2. The summed E-state index contributed by atoms with van der Waals surface area (Å²) in [7, 11) is 1.72. The number of halogens is 2. The second kappa shape index (κ2) is 18.2. The van der Waals surface area contributed by atoms with Crippen molar-refractivity contribution in [2.75, 3.05) is 10.7 Å². The summed E-state index contributed by atoms with van der Waals surface area (Å²) in [5.74, 6) is -2.40. The van der Waals surface area contributed by atoms with Crippen molar-refractivity contribution in [2.45, 2.75) is 73.5 Å². The molecule has 0 saturated heterocycles. The van der Waals surface area contributed by atoms with Crippen LogP contribution in [0.25, 0.3) is 0 Å². The van der Waals surface area contributed by atoms with E-state index in [2.05, 4.69) is 31.9 Å². The number of hydrogen-bond donors (Lipinski definition) is 0. The molecule has 0 atom stereocenters. The van der Waals surface area contributed by atoms with Gasteiger partial charge in [0.15, 0.2) is 11.6 Å². The summed E-state index contributed by atoms with van der Waals surface area (Å²) < 4.78 is 19.0. The van der Waals surface area contributed by atoms with Gasteiger partial charge in [-0.2, -0.15) is 0 Å². The van der Waals surface area contributed by atoms with Gasteiger partial charge in [0, 0.05) is 21.8 Å². The van der Waals surface area contributed by atoms with Gasteiger partial charge in [0.25, 0.3) is 0 Å². The van der Waals surface area contributed by atoms with Crippen molar-refractivity contribution in [3.05, 3.63) is 104 Å². The molecule has 240 valence electrons. The minimum atomic E-state index is -1.10. The lowest BCUT2D eigenvalue weighted by molar-refractivity contribution is -0.145. The van der Waals surface area contributed by atoms with Crippen molar-refractivity contribution in [3.63, 3.8) is 0 Å². The zero-order chi connectivity index (χ0) is 33.8. The summed E-state index contributed by atoms with van der Waals surface area (Å²) in [6, 6.07) is 12.9. The molecule has 0 aromatic heterocycles. The number of alkyl halides is 2. The number of rotatable bonds is 13. The average Bonchev–Trinajstić information content (AvgIpc) is 2.98. The SMILES string of the molecule is Cc1cc(C)c(C(=O)C(C(=O)c2c(C)cc(C)c(COC(=O)CCBr)c2C)c2ccccc2)c(C)c1COC(=O)CCBr.O=P. The molecule has 7 nitrogen and oxygen atoms in total. The van der Waals surface area contributed by atoms with Crippen LogP contribution in [0.5, 0.6) is 0 Å². The lowest BCUT2D eigenvalue weighted by Gasteiger charge is -2.23. The largest absolute Gasteiger partial charge is 0.461 e. The van der Waals surface area contributed by atoms with Crippen LogP contribution in [0.3, 0.4) is 0 Å². The quantitative estimate of drug-likeness (QED) is 0.0566. The van der Waals surface area contributed by atoms with Gasteiger partial charge in [-0.1, -0.05) is 74.3 Å². The van der Waals surface area contributed by atoms with Crippen LogP contribution in [0.2, 0.25) is 0 Å². The highest BCUT2D eigenvalue weighted by atomic mass is 79.9. The topological polar surface area (TPSA) is 104 Å². The Balaban J connectivity index is 0.00000345. The molecular weight excluding hydrogens is 723 g/mol. The predicted octanol–water partition coefficient (Wildman–Crippen LogP) is 8.52. The lowest BCUT2D eigenvalue weighted by Crippen LogP contribution is -2.26. The molecule has 0 amide bonds. The van der Waals surface area contributed by atoms with Crippen LogP contribution in [0.1, 0.15) is 89.5 Å². The molecule has 0 spiro atoms. The molecule has 3 rings (SSSR count). The normalized spacial score (nSPS) is 10.6. The van der Waals surface area contributed by atoms with E-state index in [4.69, 9.17) is 14.0 Å². The van der Waals surface area contributed by atoms with Gasteiger partial charge in [-0.3, -0.25) is 23.7 Å². The van der Waals surface area contributed by atoms with Crippen molar-refractivity contribution < 1.29 is 33.2 Å². The van der Waals surface area contributed by atoms with Crippen molar-refractivity contribution in [1.82, 2.24) is 0 Å². The zero-order valence-electron chi connectivity index (χ0n) is 26.5. The van der Waals surface area contributed by atoms with Crippen molar-refractivity contribution in [3.8, 4) is 0 Å². The first-order valence-corrected chi connectivity index (χ1v) is 17.0. The number of carbonyl (C=O) groups excluding carboxylic acids is 4. The monoisotopic (exact) mass is 760 g/mol. The van der Waals surface area contributed by atoms with E-state index >= 15 is 0 Å². The Kier molecular flexibility index (Phi) is 15.5. The van der Waals surface area contributed by atoms with Crippen molar-refractivity contribution in [1.29, 1.82) is 0 Å². The number of esters is 2. The van der Waals surface area contributed by atoms with E-state index < -0.39 is 5.92 Å². The van der Waals surface area contributed by atoms with E-state index in [0.29, 0.717) is 38.5 Å². The number of aryl methyl sites for hydroxylation is 4. The van der Waals surface area contributed by atoms with E-state index in [-0.39, 0.29) is 49.6 Å². The summed E-state index contributed by atoms with van der Waals surface area (Å²) in [6.07, 6.45) is 0.487. The van der Waals surface area contributed by atoms with Crippen molar-refractivity contribution in [2.24, 2.45) is 0 Å². The number of carbonyl (C=O) groups is 4. The van der Waals surface area contributed by atoms with Crippen molar-refractivity contribution >= 4 is 64.5 Å².